The van der Waals surface area contributed by atoms with Crippen LogP contribution >= 0.6 is 0 Å². The van der Waals surface area contributed by atoms with Crippen LogP contribution in [0.4, 0.5) is 0 Å². The maximum atomic E-state index is 11.4. The molecule has 1 atom stereocenters. The normalized spacial score (nSPS) is 19.9. The molecule has 130 valence electrons. The van der Waals surface area contributed by atoms with Gasteiger partial charge in [-0.25, -0.2) is 8.42 Å². The predicted octanol–water partition coefficient (Wildman–Crippen LogP) is 3.23. The minimum Gasteiger partial charge on any atom is -0.493 e. The van der Waals surface area contributed by atoms with Crippen molar-refractivity contribution in [2.45, 2.75) is 38.0 Å². The Morgan fingerprint density at radius 3 is 2.57 bits per heavy atom. The van der Waals surface area contributed by atoms with E-state index in [0.717, 1.165) is 18.2 Å². The van der Waals surface area contributed by atoms with Crippen molar-refractivity contribution in [2.24, 2.45) is 11.8 Å². The van der Waals surface area contributed by atoms with E-state index in [2.05, 4.69) is 18.7 Å². The molecule has 0 aromatic heterocycles. The lowest BCUT2D eigenvalue weighted by atomic mass is 9.98. The fourth-order valence-corrected chi connectivity index (χ4v) is 3.56. The first kappa shape index (κ1) is 18.3. The van der Waals surface area contributed by atoms with Crippen molar-refractivity contribution >= 4 is 9.84 Å². The Morgan fingerprint density at radius 1 is 1.26 bits per heavy atom. The van der Waals surface area contributed by atoms with Crippen LogP contribution in [0.2, 0.25) is 0 Å². The Kier molecular flexibility index (Phi) is 6.48. The molecule has 0 spiro atoms. The number of ether oxygens (including phenoxy) is 1. The lowest BCUT2D eigenvalue weighted by molar-refractivity contribution is 0.126. The van der Waals surface area contributed by atoms with Crippen molar-refractivity contribution in [3.8, 4) is 5.75 Å². The summed E-state index contributed by atoms with van der Waals surface area (Å²) in [6.45, 7) is 8.73. The van der Waals surface area contributed by atoms with Crippen LogP contribution < -0.4 is 4.74 Å². The summed E-state index contributed by atoms with van der Waals surface area (Å²) in [7, 11) is -3.14. The molecule has 2 rings (SSSR count). The molecular weight excluding hydrogens is 310 g/mol. The summed E-state index contributed by atoms with van der Waals surface area (Å²) in [4.78, 5) is 2.88. The smallest absolute Gasteiger partial charge is 0.175 e. The van der Waals surface area contributed by atoms with Crippen molar-refractivity contribution < 1.29 is 13.2 Å². The van der Waals surface area contributed by atoms with Crippen LogP contribution in [0, 0.1) is 11.8 Å². The number of nitrogens with zero attached hydrogens (tertiary/aromatic N) is 1. The number of likely N-dealkylation sites (tertiary alicyclic amines) is 1. The highest BCUT2D eigenvalue weighted by Crippen LogP contribution is 2.21. The number of hydrogen-bond acceptors (Lipinski definition) is 4. The zero-order valence-electron chi connectivity index (χ0n) is 14.5. The van der Waals surface area contributed by atoms with Gasteiger partial charge in [-0.05, 0) is 62.5 Å². The topological polar surface area (TPSA) is 46.6 Å². The first-order chi connectivity index (χ1) is 10.8. The van der Waals surface area contributed by atoms with E-state index in [1.807, 2.05) is 0 Å². The highest BCUT2D eigenvalue weighted by Gasteiger charge is 2.20. The van der Waals surface area contributed by atoms with Gasteiger partial charge in [0.25, 0.3) is 0 Å². The highest BCUT2D eigenvalue weighted by atomic mass is 32.2. The summed E-state index contributed by atoms with van der Waals surface area (Å²) >= 11 is 0. The van der Waals surface area contributed by atoms with Gasteiger partial charge in [-0.1, -0.05) is 13.8 Å². The molecule has 1 saturated heterocycles. The molecule has 23 heavy (non-hydrogen) atoms. The van der Waals surface area contributed by atoms with Crippen LogP contribution in [0.5, 0.6) is 5.75 Å². The first-order valence-corrected chi connectivity index (χ1v) is 10.4. The Balaban J connectivity index is 1.81. The van der Waals surface area contributed by atoms with Gasteiger partial charge in [-0.2, -0.15) is 0 Å². The summed E-state index contributed by atoms with van der Waals surface area (Å²) in [6.07, 6.45) is 4.91. The van der Waals surface area contributed by atoms with Gasteiger partial charge in [-0.15, -0.1) is 0 Å². The Labute approximate surface area is 140 Å². The lowest BCUT2D eigenvalue weighted by Crippen LogP contribution is -2.38. The third-order valence-corrected chi connectivity index (χ3v) is 5.49. The van der Waals surface area contributed by atoms with Crippen molar-refractivity contribution in [1.82, 2.24) is 4.90 Å². The summed E-state index contributed by atoms with van der Waals surface area (Å²) < 4.78 is 28.8. The molecule has 0 saturated carbocycles. The Bertz CT molecular complexity index is 581. The van der Waals surface area contributed by atoms with E-state index in [1.165, 1.54) is 38.6 Å². The quantitative estimate of drug-likeness (QED) is 0.765. The van der Waals surface area contributed by atoms with Crippen LogP contribution in [0.25, 0.3) is 0 Å². The SMILES string of the molecule is CC(C)CCN1CCCC(COc2ccc(S(C)(=O)=O)cc2)C1. The van der Waals surface area contributed by atoms with Crippen molar-refractivity contribution in [3.63, 3.8) is 0 Å². The second kappa shape index (κ2) is 8.15. The van der Waals surface area contributed by atoms with Gasteiger partial charge in [0.15, 0.2) is 9.84 Å². The Morgan fingerprint density at radius 2 is 1.96 bits per heavy atom. The van der Waals surface area contributed by atoms with Gasteiger partial charge < -0.3 is 9.64 Å². The van der Waals surface area contributed by atoms with Gasteiger partial charge in [0.2, 0.25) is 0 Å². The number of sulfone groups is 1. The summed E-state index contributed by atoms with van der Waals surface area (Å²) in [5.41, 5.74) is 0. The summed E-state index contributed by atoms with van der Waals surface area (Å²) in [5.74, 6) is 2.06. The molecule has 0 radical (unpaired) electrons. The second-order valence-electron chi connectivity index (χ2n) is 7.05. The third kappa shape index (κ3) is 6.15. The molecule has 1 heterocycles. The van der Waals surface area contributed by atoms with E-state index in [0.29, 0.717) is 17.4 Å². The monoisotopic (exact) mass is 339 g/mol. The molecule has 1 aliphatic rings. The van der Waals surface area contributed by atoms with E-state index in [4.69, 9.17) is 4.74 Å². The van der Waals surface area contributed by atoms with Gasteiger partial charge >= 0.3 is 0 Å². The summed E-state index contributed by atoms with van der Waals surface area (Å²) in [5, 5.41) is 0. The molecule has 1 aromatic carbocycles. The second-order valence-corrected chi connectivity index (χ2v) is 9.06. The molecule has 5 heteroatoms. The fraction of sp³-hybridized carbons (Fsp3) is 0.667. The minimum absolute atomic E-state index is 0.336. The number of piperidine rings is 1. The number of hydrogen-bond donors (Lipinski definition) is 0. The number of benzene rings is 1. The van der Waals surface area contributed by atoms with Crippen molar-refractivity contribution in [1.29, 1.82) is 0 Å². The third-order valence-electron chi connectivity index (χ3n) is 4.36. The van der Waals surface area contributed by atoms with Crippen molar-refractivity contribution in [2.75, 3.05) is 32.5 Å². The highest BCUT2D eigenvalue weighted by molar-refractivity contribution is 7.90. The molecule has 0 aliphatic carbocycles. The first-order valence-electron chi connectivity index (χ1n) is 8.50. The lowest BCUT2D eigenvalue weighted by Gasteiger charge is -2.33. The molecular formula is C18H29NO3S. The van der Waals surface area contributed by atoms with Crippen LogP contribution in [0.15, 0.2) is 29.2 Å². The van der Waals surface area contributed by atoms with Crippen LogP contribution in [0.3, 0.4) is 0 Å². The Hall–Kier alpha value is -1.07. The molecule has 0 amide bonds. The van der Waals surface area contributed by atoms with E-state index < -0.39 is 9.84 Å². The van der Waals surface area contributed by atoms with Crippen LogP contribution in [-0.2, 0) is 9.84 Å². The van der Waals surface area contributed by atoms with Crippen LogP contribution in [0.1, 0.15) is 33.1 Å². The average molecular weight is 340 g/mol. The maximum Gasteiger partial charge on any atom is 0.175 e. The van der Waals surface area contributed by atoms with Crippen LogP contribution in [-0.4, -0.2) is 45.8 Å². The predicted molar refractivity (Wildman–Crippen MR) is 93.7 cm³/mol. The zero-order valence-corrected chi connectivity index (χ0v) is 15.3. The fourth-order valence-electron chi connectivity index (χ4n) is 2.93. The largest absolute Gasteiger partial charge is 0.493 e. The van der Waals surface area contributed by atoms with Gasteiger partial charge in [0.1, 0.15) is 5.75 Å². The molecule has 0 bridgehead atoms. The van der Waals surface area contributed by atoms with Crippen molar-refractivity contribution in [3.05, 3.63) is 24.3 Å². The summed E-state index contributed by atoms with van der Waals surface area (Å²) in [6, 6.07) is 6.71. The van der Waals surface area contributed by atoms with E-state index in [1.54, 1.807) is 24.3 Å². The maximum absolute atomic E-state index is 11.4. The molecule has 1 fully saturated rings. The van der Waals surface area contributed by atoms with Gasteiger partial charge in [-0.3, -0.25) is 0 Å². The molecule has 1 aromatic rings. The van der Waals surface area contributed by atoms with Gasteiger partial charge in [0.05, 0.1) is 11.5 Å². The van der Waals surface area contributed by atoms with Gasteiger partial charge in [0, 0.05) is 18.7 Å². The van der Waals surface area contributed by atoms with E-state index in [9.17, 15) is 8.42 Å². The number of rotatable bonds is 7. The standard InChI is InChI=1S/C18H29NO3S/c1-15(2)10-12-19-11-4-5-16(13-19)14-22-17-6-8-18(9-7-17)23(3,20)21/h6-9,15-16H,4-5,10-14H2,1-3H3. The molecule has 1 aliphatic heterocycles. The molecule has 0 N–H and O–H groups in total. The minimum atomic E-state index is -3.14. The molecule has 4 nitrogen and oxygen atoms in total. The average Bonchev–Trinajstić information content (AvgIpc) is 2.51. The van der Waals surface area contributed by atoms with E-state index in [-0.39, 0.29) is 0 Å². The van der Waals surface area contributed by atoms with E-state index >= 15 is 0 Å². The molecule has 1 unspecified atom stereocenters. The zero-order chi connectivity index (χ0) is 16.9.